The van der Waals surface area contributed by atoms with E-state index in [1.54, 1.807) is 13.8 Å². The summed E-state index contributed by atoms with van der Waals surface area (Å²) >= 11 is 1.52. The Bertz CT molecular complexity index is 635. The first-order chi connectivity index (χ1) is 9.85. The van der Waals surface area contributed by atoms with Crippen LogP contribution in [0.5, 0.6) is 0 Å². The van der Waals surface area contributed by atoms with Gasteiger partial charge >= 0.3 is 5.97 Å². The summed E-state index contributed by atoms with van der Waals surface area (Å²) < 4.78 is 0. The summed E-state index contributed by atoms with van der Waals surface area (Å²) in [6.45, 7) is 3.18. The first-order valence-corrected chi connectivity index (χ1v) is 7.13. The van der Waals surface area contributed by atoms with Crippen molar-refractivity contribution in [3.63, 3.8) is 0 Å². The zero-order chi connectivity index (χ0) is 15.5. The highest BCUT2D eigenvalue weighted by Gasteiger charge is 2.24. The first kappa shape index (κ1) is 15.1. The largest absolute Gasteiger partial charge is 0.481 e. The standard InChI is InChI=1S/C12H15N5O3S/c1-12(2,5-10(19)20)13-9(18)6-17-15-11(14-16-17)8-3-4-21-7-8/h3-4,7H,5-6H2,1-2H3,(H,13,18)(H,19,20). The van der Waals surface area contributed by atoms with Gasteiger partial charge in [-0.1, -0.05) is 0 Å². The molecule has 0 atom stereocenters. The number of carbonyl (C=O) groups excluding carboxylic acids is 1. The van der Waals surface area contributed by atoms with Crippen LogP contribution in [0, 0.1) is 0 Å². The summed E-state index contributed by atoms with van der Waals surface area (Å²) in [5.41, 5.74) is 0.0116. The van der Waals surface area contributed by atoms with Crippen LogP contribution in [-0.2, 0) is 16.1 Å². The third-order valence-electron chi connectivity index (χ3n) is 2.59. The van der Waals surface area contributed by atoms with Crippen LogP contribution in [0.4, 0.5) is 0 Å². The van der Waals surface area contributed by atoms with Gasteiger partial charge < -0.3 is 10.4 Å². The molecule has 0 spiro atoms. The average Bonchev–Trinajstić information content (AvgIpc) is 2.94. The molecule has 2 aromatic rings. The minimum absolute atomic E-state index is 0.111. The predicted molar refractivity (Wildman–Crippen MR) is 75.6 cm³/mol. The molecule has 0 aliphatic carbocycles. The maximum absolute atomic E-state index is 11.9. The molecule has 9 heteroatoms. The zero-order valence-corrected chi connectivity index (χ0v) is 12.4. The fourth-order valence-corrected chi connectivity index (χ4v) is 2.42. The summed E-state index contributed by atoms with van der Waals surface area (Å²) in [7, 11) is 0. The highest BCUT2D eigenvalue weighted by atomic mass is 32.1. The van der Waals surface area contributed by atoms with Gasteiger partial charge in [0.05, 0.1) is 6.42 Å². The molecule has 1 amide bonds. The number of nitrogens with one attached hydrogen (secondary N) is 1. The van der Waals surface area contributed by atoms with E-state index in [9.17, 15) is 9.59 Å². The number of hydrogen-bond donors (Lipinski definition) is 2. The number of tetrazole rings is 1. The molecule has 0 saturated carbocycles. The van der Waals surface area contributed by atoms with Gasteiger partial charge in [0.1, 0.15) is 6.54 Å². The fourth-order valence-electron chi connectivity index (χ4n) is 1.79. The molecule has 0 radical (unpaired) electrons. The monoisotopic (exact) mass is 309 g/mol. The number of aliphatic carboxylic acids is 1. The van der Waals surface area contributed by atoms with Crippen molar-refractivity contribution >= 4 is 23.2 Å². The molecule has 0 aliphatic rings. The van der Waals surface area contributed by atoms with Crippen molar-refractivity contribution in [3.05, 3.63) is 16.8 Å². The Morgan fingerprint density at radius 2 is 2.24 bits per heavy atom. The van der Waals surface area contributed by atoms with Crippen molar-refractivity contribution in [1.82, 2.24) is 25.5 Å². The van der Waals surface area contributed by atoms with E-state index in [-0.39, 0.29) is 18.9 Å². The minimum atomic E-state index is -0.973. The topological polar surface area (TPSA) is 110 Å². The molecule has 112 valence electrons. The molecule has 2 rings (SSSR count). The molecule has 0 unspecified atom stereocenters. The molecular formula is C12H15N5O3S. The Kier molecular flexibility index (Phi) is 4.32. The second-order valence-corrected chi connectivity index (χ2v) is 5.94. The Labute approximate surface area is 124 Å². The maximum atomic E-state index is 11.9. The van der Waals surface area contributed by atoms with Gasteiger partial charge in [0.25, 0.3) is 0 Å². The molecule has 0 saturated heterocycles. The molecule has 0 bridgehead atoms. The number of rotatable bonds is 6. The van der Waals surface area contributed by atoms with E-state index in [2.05, 4.69) is 20.7 Å². The van der Waals surface area contributed by atoms with Gasteiger partial charge in [-0.25, -0.2) is 0 Å². The lowest BCUT2D eigenvalue weighted by Crippen LogP contribution is -2.46. The van der Waals surface area contributed by atoms with Crippen LogP contribution in [0.3, 0.4) is 0 Å². The molecule has 2 N–H and O–H groups in total. The van der Waals surface area contributed by atoms with E-state index >= 15 is 0 Å². The quantitative estimate of drug-likeness (QED) is 0.815. The van der Waals surface area contributed by atoms with Gasteiger partial charge in [0.15, 0.2) is 0 Å². The van der Waals surface area contributed by atoms with Crippen LogP contribution >= 0.6 is 11.3 Å². The Balaban J connectivity index is 1.96. The summed E-state index contributed by atoms with van der Waals surface area (Å²) in [5.74, 6) is -0.886. The fraction of sp³-hybridized carbons (Fsp3) is 0.417. The second kappa shape index (κ2) is 6.00. The normalized spacial score (nSPS) is 11.3. The van der Waals surface area contributed by atoms with Crippen molar-refractivity contribution in [3.8, 4) is 11.4 Å². The third kappa shape index (κ3) is 4.35. The predicted octanol–water partition coefficient (Wildman–Crippen LogP) is 0.771. The summed E-state index contributed by atoms with van der Waals surface area (Å²) in [6, 6.07) is 1.86. The van der Waals surface area contributed by atoms with Gasteiger partial charge in [-0.2, -0.15) is 16.1 Å². The number of hydrogen-bond acceptors (Lipinski definition) is 6. The van der Waals surface area contributed by atoms with Crippen molar-refractivity contribution in [2.24, 2.45) is 0 Å². The number of carbonyl (C=O) groups is 2. The van der Waals surface area contributed by atoms with Crippen molar-refractivity contribution < 1.29 is 14.7 Å². The zero-order valence-electron chi connectivity index (χ0n) is 11.6. The van der Waals surface area contributed by atoms with Crippen molar-refractivity contribution in [2.75, 3.05) is 0 Å². The minimum Gasteiger partial charge on any atom is -0.481 e. The molecule has 21 heavy (non-hydrogen) atoms. The molecule has 0 aromatic carbocycles. The SMILES string of the molecule is CC(C)(CC(=O)O)NC(=O)Cn1nnc(-c2ccsc2)n1. The second-order valence-electron chi connectivity index (χ2n) is 5.16. The first-order valence-electron chi connectivity index (χ1n) is 6.19. The van der Waals surface area contributed by atoms with Gasteiger partial charge in [0, 0.05) is 16.5 Å². The lowest BCUT2D eigenvalue weighted by Gasteiger charge is -2.23. The lowest BCUT2D eigenvalue weighted by molar-refractivity contribution is -0.138. The van der Waals surface area contributed by atoms with Crippen LogP contribution in [0.15, 0.2) is 16.8 Å². The van der Waals surface area contributed by atoms with E-state index in [0.29, 0.717) is 5.82 Å². The third-order valence-corrected chi connectivity index (χ3v) is 3.27. The van der Waals surface area contributed by atoms with Crippen molar-refractivity contribution in [1.29, 1.82) is 0 Å². The number of aromatic nitrogens is 4. The maximum Gasteiger partial charge on any atom is 0.305 e. The number of amides is 1. The van der Waals surface area contributed by atoms with E-state index < -0.39 is 11.5 Å². The molecule has 0 aliphatic heterocycles. The van der Waals surface area contributed by atoms with Crippen LogP contribution in [0.2, 0.25) is 0 Å². The van der Waals surface area contributed by atoms with Crippen molar-refractivity contribution in [2.45, 2.75) is 32.4 Å². The Hall–Kier alpha value is -2.29. The van der Waals surface area contributed by atoms with Crippen LogP contribution in [0.25, 0.3) is 11.4 Å². The molecule has 8 nitrogen and oxygen atoms in total. The Morgan fingerprint density at radius 3 is 2.86 bits per heavy atom. The van der Waals surface area contributed by atoms with Crippen LogP contribution < -0.4 is 5.32 Å². The highest BCUT2D eigenvalue weighted by Crippen LogP contribution is 2.16. The Morgan fingerprint density at radius 1 is 1.48 bits per heavy atom. The van der Waals surface area contributed by atoms with E-state index in [1.165, 1.54) is 16.1 Å². The number of nitrogens with zero attached hydrogens (tertiary/aromatic N) is 4. The number of carboxylic acids is 1. The van der Waals surface area contributed by atoms with E-state index in [1.807, 2.05) is 16.8 Å². The smallest absolute Gasteiger partial charge is 0.305 e. The van der Waals surface area contributed by atoms with Gasteiger partial charge in [-0.15, -0.1) is 10.2 Å². The van der Waals surface area contributed by atoms with Gasteiger partial charge in [-0.05, 0) is 30.5 Å². The van der Waals surface area contributed by atoms with E-state index in [4.69, 9.17) is 5.11 Å². The summed E-state index contributed by atoms with van der Waals surface area (Å²) in [6.07, 6.45) is -0.163. The molecule has 2 aromatic heterocycles. The number of thiophene rings is 1. The van der Waals surface area contributed by atoms with Gasteiger partial charge in [-0.3, -0.25) is 9.59 Å². The lowest BCUT2D eigenvalue weighted by atomic mass is 10.0. The van der Waals surface area contributed by atoms with E-state index in [0.717, 1.165) is 5.56 Å². The highest BCUT2D eigenvalue weighted by molar-refractivity contribution is 7.08. The number of carboxylic acid groups (broad SMARTS) is 1. The summed E-state index contributed by atoms with van der Waals surface area (Å²) in [4.78, 5) is 23.8. The summed E-state index contributed by atoms with van der Waals surface area (Å²) in [5, 5.41) is 27.0. The van der Waals surface area contributed by atoms with Gasteiger partial charge in [0.2, 0.25) is 11.7 Å². The molecule has 0 fully saturated rings. The molecular weight excluding hydrogens is 294 g/mol. The average molecular weight is 309 g/mol. The molecule has 2 heterocycles. The van der Waals surface area contributed by atoms with Crippen LogP contribution in [0.1, 0.15) is 20.3 Å². The van der Waals surface area contributed by atoms with Crippen LogP contribution in [-0.4, -0.2) is 42.7 Å².